The van der Waals surface area contributed by atoms with Gasteiger partial charge in [-0.05, 0) is 30.4 Å². The number of amides is 2. The average molecular weight is 247 g/mol. The van der Waals surface area contributed by atoms with Crippen molar-refractivity contribution in [2.75, 3.05) is 0 Å². The summed E-state index contributed by atoms with van der Waals surface area (Å²) in [5, 5.41) is 5.95. The number of hydrogen-bond donors (Lipinski definition) is 2. The number of carbonyl (C=O) groups is 1. The van der Waals surface area contributed by atoms with E-state index in [9.17, 15) is 4.79 Å². The predicted octanol–water partition coefficient (Wildman–Crippen LogP) is 2.46. The Hall–Kier alpha value is -1.58. The molecule has 1 aliphatic rings. The van der Waals surface area contributed by atoms with Crippen LogP contribution >= 0.6 is 0 Å². The Morgan fingerprint density at radius 1 is 1.44 bits per heavy atom. The van der Waals surface area contributed by atoms with Gasteiger partial charge in [-0.15, -0.1) is 0 Å². The highest BCUT2D eigenvalue weighted by atomic mass is 16.2. The molecule has 0 radical (unpaired) electrons. The molecule has 2 amide bonds. The van der Waals surface area contributed by atoms with Crippen LogP contribution in [0.15, 0.2) is 24.5 Å². The number of carbonyl (C=O) groups excluding carboxylic acids is 1. The molecule has 2 N–H and O–H groups in total. The molecule has 1 aliphatic carbocycles. The predicted molar refractivity (Wildman–Crippen MR) is 71.0 cm³/mol. The third-order valence-corrected chi connectivity index (χ3v) is 3.60. The van der Waals surface area contributed by atoms with Crippen LogP contribution in [0.5, 0.6) is 0 Å². The number of nitrogens with zero attached hydrogens (tertiary/aromatic N) is 1. The lowest BCUT2D eigenvalue weighted by Gasteiger charge is -2.29. The van der Waals surface area contributed by atoms with Crippen LogP contribution in [0.1, 0.15) is 38.2 Å². The second-order valence-electron chi connectivity index (χ2n) is 5.06. The van der Waals surface area contributed by atoms with E-state index < -0.39 is 0 Å². The van der Waals surface area contributed by atoms with E-state index in [1.165, 1.54) is 19.3 Å². The minimum absolute atomic E-state index is 0.0717. The molecule has 18 heavy (non-hydrogen) atoms. The van der Waals surface area contributed by atoms with Crippen molar-refractivity contribution in [1.29, 1.82) is 0 Å². The molecule has 2 unspecified atom stereocenters. The molecule has 0 bridgehead atoms. The lowest BCUT2D eigenvalue weighted by Crippen LogP contribution is -2.45. The van der Waals surface area contributed by atoms with Gasteiger partial charge in [0.1, 0.15) is 0 Å². The number of urea groups is 1. The lowest BCUT2D eigenvalue weighted by molar-refractivity contribution is 0.221. The van der Waals surface area contributed by atoms with Crippen LogP contribution in [0.4, 0.5) is 4.79 Å². The van der Waals surface area contributed by atoms with E-state index in [1.54, 1.807) is 12.4 Å². The summed E-state index contributed by atoms with van der Waals surface area (Å²) in [5.41, 5.74) is 1.02. The molecule has 0 aliphatic heterocycles. The summed E-state index contributed by atoms with van der Waals surface area (Å²) >= 11 is 0. The van der Waals surface area contributed by atoms with Crippen molar-refractivity contribution in [3.63, 3.8) is 0 Å². The normalized spacial score (nSPS) is 23.4. The van der Waals surface area contributed by atoms with Crippen LogP contribution in [-0.4, -0.2) is 17.1 Å². The van der Waals surface area contributed by atoms with Crippen LogP contribution in [-0.2, 0) is 6.54 Å². The Bertz CT molecular complexity index is 380. The van der Waals surface area contributed by atoms with Gasteiger partial charge in [0.15, 0.2) is 0 Å². The van der Waals surface area contributed by atoms with Gasteiger partial charge < -0.3 is 10.6 Å². The van der Waals surface area contributed by atoms with Gasteiger partial charge in [-0.2, -0.15) is 0 Å². The van der Waals surface area contributed by atoms with Gasteiger partial charge in [0.2, 0.25) is 0 Å². The van der Waals surface area contributed by atoms with Crippen molar-refractivity contribution in [3.8, 4) is 0 Å². The van der Waals surface area contributed by atoms with Gasteiger partial charge in [-0.3, -0.25) is 4.98 Å². The zero-order valence-electron chi connectivity index (χ0n) is 10.9. The summed E-state index contributed by atoms with van der Waals surface area (Å²) < 4.78 is 0. The van der Waals surface area contributed by atoms with Crippen LogP contribution in [0.25, 0.3) is 0 Å². The largest absolute Gasteiger partial charge is 0.335 e. The first kappa shape index (κ1) is 12.9. The van der Waals surface area contributed by atoms with E-state index in [2.05, 4.69) is 22.5 Å². The summed E-state index contributed by atoms with van der Waals surface area (Å²) in [5.74, 6) is 0.586. The Kier molecular flexibility index (Phi) is 4.56. The molecule has 4 nitrogen and oxygen atoms in total. The van der Waals surface area contributed by atoms with Crippen molar-refractivity contribution in [2.24, 2.45) is 5.92 Å². The molecule has 98 valence electrons. The second-order valence-corrected chi connectivity index (χ2v) is 5.06. The van der Waals surface area contributed by atoms with E-state index >= 15 is 0 Å². The first-order valence-corrected chi connectivity index (χ1v) is 6.69. The minimum Gasteiger partial charge on any atom is -0.335 e. The van der Waals surface area contributed by atoms with Crippen molar-refractivity contribution in [3.05, 3.63) is 30.1 Å². The van der Waals surface area contributed by atoms with Gasteiger partial charge >= 0.3 is 6.03 Å². The van der Waals surface area contributed by atoms with Crippen molar-refractivity contribution in [2.45, 2.75) is 45.2 Å². The highest BCUT2D eigenvalue weighted by Gasteiger charge is 2.22. The van der Waals surface area contributed by atoms with Crippen molar-refractivity contribution in [1.82, 2.24) is 15.6 Å². The fourth-order valence-corrected chi connectivity index (χ4v) is 2.44. The summed E-state index contributed by atoms with van der Waals surface area (Å²) in [4.78, 5) is 15.8. The maximum absolute atomic E-state index is 11.8. The van der Waals surface area contributed by atoms with E-state index in [1.807, 2.05) is 12.1 Å². The Morgan fingerprint density at radius 3 is 3.00 bits per heavy atom. The van der Waals surface area contributed by atoms with Crippen molar-refractivity contribution >= 4 is 6.03 Å². The molecule has 2 rings (SSSR count). The molecular weight excluding hydrogens is 226 g/mol. The summed E-state index contributed by atoms with van der Waals surface area (Å²) in [7, 11) is 0. The van der Waals surface area contributed by atoms with Crippen LogP contribution in [0, 0.1) is 5.92 Å². The summed E-state index contributed by atoms with van der Waals surface area (Å²) in [6.45, 7) is 2.74. The van der Waals surface area contributed by atoms with Gasteiger partial charge in [0.05, 0.1) is 0 Å². The molecule has 1 aromatic heterocycles. The highest BCUT2D eigenvalue weighted by molar-refractivity contribution is 5.74. The van der Waals surface area contributed by atoms with E-state index in [4.69, 9.17) is 0 Å². The minimum atomic E-state index is -0.0717. The fraction of sp³-hybridized carbons (Fsp3) is 0.571. The van der Waals surface area contributed by atoms with Crippen LogP contribution < -0.4 is 10.6 Å². The maximum atomic E-state index is 11.8. The van der Waals surface area contributed by atoms with E-state index in [-0.39, 0.29) is 6.03 Å². The topological polar surface area (TPSA) is 54.0 Å². The number of rotatable bonds is 3. The van der Waals surface area contributed by atoms with Crippen LogP contribution in [0.3, 0.4) is 0 Å². The molecule has 2 atom stereocenters. The lowest BCUT2D eigenvalue weighted by atomic mass is 9.86. The standard InChI is InChI=1S/C14H21N3O/c1-11-5-2-3-7-13(11)17-14(18)16-10-12-6-4-8-15-9-12/h4,6,8-9,11,13H,2-3,5,7,10H2,1H3,(H2,16,17,18). The Balaban J connectivity index is 1.75. The third-order valence-electron chi connectivity index (χ3n) is 3.60. The van der Waals surface area contributed by atoms with Gasteiger partial charge in [-0.1, -0.05) is 25.8 Å². The number of aromatic nitrogens is 1. The Labute approximate surface area is 108 Å². The fourth-order valence-electron chi connectivity index (χ4n) is 2.44. The Morgan fingerprint density at radius 2 is 2.28 bits per heavy atom. The smallest absolute Gasteiger partial charge is 0.315 e. The zero-order chi connectivity index (χ0) is 12.8. The summed E-state index contributed by atoms with van der Waals surface area (Å²) in [6.07, 6.45) is 8.32. The zero-order valence-corrected chi connectivity index (χ0v) is 10.9. The van der Waals surface area contributed by atoms with Gasteiger partial charge in [-0.25, -0.2) is 4.79 Å². The molecule has 0 saturated heterocycles. The molecule has 1 saturated carbocycles. The molecule has 1 fully saturated rings. The molecular formula is C14H21N3O. The molecule has 1 aromatic rings. The van der Waals surface area contributed by atoms with E-state index in [0.717, 1.165) is 12.0 Å². The number of hydrogen-bond acceptors (Lipinski definition) is 2. The number of pyridine rings is 1. The monoisotopic (exact) mass is 247 g/mol. The molecule has 4 heteroatoms. The SMILES string of the molecule is CC1CCCCC1NC(=O)NCc1cccnc1. The quantitative estimate of drug-likeness (QED) is 0.862. The first-order chi connectivity index (χ1) is 8.75. The molecule has 1 heterocycles. The average Bonchev–Trinajstić information content (AvgIpc) is 2.40. The highest BCUT2D eigenvalue weighted by Crippen LogP contribution is 2.23. The van der Waals surface area contributed by atoms with E-state index in [0.29, 0.717) is 18.5 Å². The molecule has 0 aromatic carbocycles. The number of nitrogens with one attached hydrogen (secondary N) is 2. The second kappa shape index (κ2) is 6.38. The third kappa shape index (κ3) is 3.72. The van der Waals surface area contributed by atoms with Gasteiger partial charge in [0.25, 0.3) is 0 Å². The van der Waals surface area contributed by atoms with Crippen molar-refractivity contribution < 1.29 is 4.79 Å². The van der Waals surface area contributed by atoms with Crippen LogP contribution in [0.2, 0.25) is 0 Å². The maximum Gasteiger partial charge on any atom is 0.315 e. The first-order valence-electron chi connectivity index (χ1n) is 6.69. The van der Waals surface area contributed by atoms with Gasteiger partial charge in [0, 0.05) is 25.0 Å². The summed E-state index contributed by atoms with van der Waals surface area (Å²) in [6, 6.07) is 4.08. The molecule has 0 spiro atoms.